The SMILES string of the molecule is Cc1ccccc1OCC(C)C(N)=O. The van der Waals surface area contributed by atoms with Crippen LogP contribution in [0.3, 0.4) is 0 Å². The van der Waals surface area contributed by atoms with Gasteiger partial charge in [0.15, 0.2) is 0 Å². The number of para-hydroxylation sites is 1. The molecule has 0 aliphatic carbocycles. The number of benzene rings is 1. The Bertz CT molecular complexity index is 323. The molecule has 0 saturated carbocycles. The molecule has 76 valence electrons. The van der Waals surface area contributed by atoms with E-state index >= 15 is 0 Å². The van der Waals surface area contributed by atoms with E-state index in [1.165, 1.54) is 0 Å². The first kappa shape index (κ1) is 10.6. The normalized spacial score (nSPS) is 12.1. The zero-order chi connectivity index (χ0) is 10.6. The lowest BCUT2D eigenvalue weighted by Crippen LogP contribution is -2.25. The summed E-state index contributed by atoms with van der Waals surface area (Å²) in [6.07, 6.45) is 0. The van der Waals surface area contributed by atoms with Crippen LogP contribution in [0.4, 0.5) is 0 Å². The third-order valence-corrected chi connectivity index (χ3v) is 2.07. The molecule has 0 saturated heterocycles. The van der Waals surface area contributed by atoms with Gasteiger partial charge in [-0.05, 0) is 18.6 Å². The lowest BCUT2D eigenvalue weighted by Gasteiger charge is -2.11. The van der Waals surface area contributed by atoms with Crippen LogP contribution in [0.5, 0.6) is 5.75 Å². The number of ether oxygens (including phenoxy) is 1. The number of hydrogen-bond donors (Lipinski definition) is 1. The number of aryl methyl sites for hydroxylation is 1. The van der Waals surface area contributed by atoms with Gasteiger partial charge in [0.2, 0.25) is 5.91 Å². The molecule has 0 aliphatic rings. The molecule has 3 heteroatoms. The minimum absolute atomic E-state index is 0.255. The lowest BCUT2D eigenvalue weighted by atomic mass is 10.2. The number of nitrogens with two attached hydrogens (primary N) is 1. The Hall–Kier alpha value is -1.51. The van der Waals surface area contributed by atoms with E-state index in [4.69, 9.17) is 10.5 Å². The van der Waals surface area contributed by atoms with Crippen molar-refractivity contribution in [3.63, 3.8) is 0 Å². The van der Waals surface area contributed by atoms with Gasteiger partial charge in [0, 0.05) is 0 Å². The molecule has 0 heterocycles. The Kier molecular flexibility index (Phi) is 3.51. The van der Waals surface area contributed by atoms with Crippen LogP contribution < -0.4 is 10.5 Å². The largest absolute Gasteiger partial charge is 0.493 e. The summed E-state index contributed by atoms with van der Waals surface area (Å²) in [5.74, 6) is 0.216. The van der Waals surface area contributed by atoms with Gasteiger partial charge in [0.1, 0.15) is 5.75 Å². The molecule has 1 rings (SSSR count). The first-order valence-electron chi connectivity index (χ1n) is 4.59. The van der Waals surface area contributed by atoms with Gasteiger partial charge in [0.05, 0.1) is 12.5 Å². The quantitative estimate of drug-likeness (QED) is 0.787. The molecule has 1 amide bonds. The van der Waals surface area contributed by atoms with Gasteiger partial charge in [-0.15, -0.1) is 0 Å². The highest BCUT2D eigenvalue weighted by atomic mass is 16.5. The standard InChI is InChI=1S/C11H15NO2/c1-8-5-3-4-6-10(8)14-7-9(2)11(12)13/h3-6,9H,7H2,1-2H3,(H2,12,13). The number of hydrogen-bond acceptors (Lipinski definition) is 2. The fraction of sp³-hybridized carbons (Fsp3) is 0.364. The minimum atomic E-state index is -0.335. The van der Waals surface area contributed by atoms with Crippen molar-refractivity contribution in [2.75, 3.05) is 6.61 Å². The fourth-order valence-corrected chi connectivity index (χ4v) is 1.02. The first-order chi connectivity index (χ1) is 6.61. The minimum Gasteiger partial charge on any atom is -0.493 e. The molecule has 14 heavy (non-hydrogen) atoms. The Balaban J connectivity index is 2.54. The molecule has 0 fully saturated rings. The van der Waals surface area contributed by atoms with E-state index in [0.717, 1.165) is 11.3 Å². The van der Waals surface area contributed by atoms with Crippen molar-refractivity contribution >= 4 is 5.91 Å². The molecule has 1 unspecified atom stereocenters. The maximum atomic E-state index is 10.7. The number of carbonyl (C=O) groups is 1. The number of primary amides is 1. The summed E-state index contributed by atoms with van der Waals surface area (Å²) in [6, 6.07) is 7.68. The van der Waals surface area contributed by atoms with Crippen LogP contribution in [0, 0.1) is 12.8 Å². The van der Waals surface area contributed by atoms with Gasteiger partial charge >= 0.3 is 0 Å². The maximum Gasteiger partial charge on any atom is 0.223 e. The van der Waals surface area contributed by atoms with Crippen molar-refractivity contribution in [3.05, 3.63) is 29.8 Å². The summed E-state index contributed by atoms with van der Waals surface area (Å²) in [4.78, 5) is 10.7. The van der Waals surface area contributed by atoms with Crippen molar-refractivity contribution in [3.8, 4) is 5.75 Å². The highest BCUT2D eigenvalue weighted by Gasteiger charge is 2.09. The van der Waals surface area contributed by atoms with Gasteiger partial charge in [-0.2, -0.15) is 0 Å². The van der Waals surface area contributed by atoms with E-state index in [1.807, 2.05) is 31.2 Å². The van der Waals surface area contributed by atoms with E-state index < -0.39 is 0 Å². The average molecular weight is 193 g/mol. The second-order valence-electron chi connectivity index (χ2n) is 3.38. The van der Waals surface area contributed by atoms with E-state index in [9.17, 15) is 4.79 Å². The van der Waals surface area contributed by atoms with Gasteiger partial charge in [0.25, 0.3) is 0 Å². The molecular weight excluding hydrogens is 178 g/mol. The van der Waals surface area contributed by atoms with Crippen molar-refractivity contribution in [2.24, 2.45) is 11.7 Å². The zero-order valence-corrected chi connectivity index (χ0v) is 8.49. The smallest absolute Gasteiger partial charge is 0.223 e. The fourth-order valence-electron chi connectivity index (χ4n) is 1.02. The van der Waals surface area contributed by atoms with Crippen molar-refractivity contribution in [2.45, 2.75) is 13.8 Å². The molecule has 0 aliphatic heterocycles. The number of rotatable bonds is 4. The van der Waals surface area contributed by atoms with E-state index in [2.05, 4.69) is 0 Å². The molecule has 1 atom stereocenters. The molecule has 0 radical (unpaired) electrons. The predicted molar refractivity (Wildman–Crippen MR) is 55.0 cm³/mol. The zero-order valence-electron chi connectivity index (χ0n) is 8.49. The highest BCUT2D eigenvalue weighted by Crippen LogP contribution is 2.16. The summed E-state index contributed by atoms with van der Waals surface area (Å²) in [5.41, 5.74) is 6.18. The molecule has 1 aromatic carbocycles. The maximum absolute atomic E-state index is 10.7. The summed E-state index contributed by atoms with van der Waals surface area (Å²) in [6.45, 7) is 4.05. The van der Waals surface area contributed by atoms with Crippen LogP contribution in [-0.4, -0.2) is 12.5 Å². The van der Waals surface area contributed by atoms with Crippen molar-refractivity contribution < 1.29 is 9.53 Å². The lowest BCUT2D eigenvalue weighted by molar-refractivity contribution is -0.122. The van der Waals surface area contributed by atoms with Crippen molar-refractivity contribution in [1.82, 2.24) is 0 Å². The molecule has 0 aromatic heterocycles. The predicted octanol–water partition coefficient (Wildman–Crippen LogP) is 1.50. The van der Waals surface area contributed by atoms with Crippen LogP contribution in [0.2, 0.25) is 0 Å². The van der Waals surface area contributed by atoms with Crippen LogP contribution in [0.15, 0.2) is 24.3 Å². The molecule has 0 bridgehead atoms. The van der Waals surface area contributed by atoms with E-state index in [-0.39, 0.29) is 11.8 Å². The Morgan fingerprint density at radius 3 is 2.71 bits per heavy atom. The monoisotopic (exact) mass is 193 g/mol. The average Bonchev–Trinajstić information content (AvgIpc) is 2.16. The molecule has 3 nitrogen and oxygen atoms in total. The second kappa shape index (κ2) is 4.65. The molecule has 0 spiro atoms. The third kappa shape index (κ3) is 2.76. The Labute approximate surface area is 83.9 Å². The summed E-state index contributed by atoms with van der Waals surface area (Å²) in [7, 11) is 0. The van der Waals surface area contributed by atoms with Gasteiger partial charge in [-0.25, -0.2) is 0 Å². The Morgan fingerprint density at radius 2 is 2.14 bits per heavy atom. The van der Waals surface area contributed by atoms with Gasteiger partial charge in [-0.3, -0.25) is 4.79 Å². The van der Waals surface area contributed by atoms with Crippen molar-refractivity contribution in [1.29, 1.82) is 0 Å². The molecule has 2 N–H and O–H groups in total. The van der Waals surface area contributed by atoms with E-state index in [0.29, 0.717) is 6.61 Å². The van der Waals surface area contributed by atoms with Gasteiger partial charge in [-0.1, -0.05) is 25.1 Å². The number of amides is 1. The van der Waals surface area contributed by atoms with Gasteiger partial charge < -0.3 is 10.5 Å². The first-order valence-corrected chi connectivity index (χ1v) is 4.59. The Morgan fingerprint density at radius 1 is 1.50 bits per heavy atom. The van der Waals surface area contributed by atoms with Crippen LogP contribution in [0.1, 0.15) is 12.5 Å². The van der Waals surface area contributed by atoms with Crippen LogP contribution in [0.25, 0.3) is 0 Å². The van der Waals surface area contributed by atoms with Crippen LogP contribution in [-0.2, 0) is 4.79 Å². The number of carbonyl (C=O) groups excluding carboxylic acids is 1. The molecule has 1 aromatic rings. The summed E-state index contributed by atoms with van der Waals surface area (Å²) >= 11 is 0. The topological polar surface area (TPSA) is 52.3 Å². The van der Waals surface area contributed by atoms with Crippen LogP contribution >= 0.6 is 0 Å². The molecular formula is C11H15NO2. The highest BCUT2D eigenvalue weighted by molar-refractivity contribution is 5.76. The summed E-state index contributed by atoms with van der Waals surface area (Å²) < 4.78 is 5.46. The second-order valence-corrected chi connectivity index (χ2v) is 3.38. The van der Waals surface area contributed by atoms with E-state index in [1.54, 1.807) is 6.92 Å². The summed E-state index contributed by atoms with van der Waals surface area (Å²) in [5, 5.41) is 0. The third-order valence-electron chi connectivity index (χ3n) is 2.07.